The number of thiocarbonyl (C=S) groups is 1. The highest BCUT2D eigenvalue weighted by atomic mass is 35.5. The second kappa shape index (κ2) is 10.6. The summed E-state index contributed by atoms with van der Waals surface area (Å²) in [6.45, 7) is 0.610. The predicted octanol–water partition coefficient (Wildman–Crippen LogP) is 5.83. The quantitative estimate of drug-likeness (QED) is 0.248. The lowest BCUT2D eigenvalue weighted by atomic mass is 10.1. The Morgan fingerprint density at radius 1 is 1.09 bits per heavy atom. The number of anilines is 2. The van der Waals surface area contributed by atoms with E-state index in [1.54, 1.807) is 4.68 Å². The van der Waals surface area contributed by atoms with Crippen LogP contribution in [-0.4, -0.2) is 28.0 Å². The van der Waals surface area contributed by atoms with Crippen LogP contribution in [-0.2, 0) is 17.7 Å². The van der Waals surface area contributed by atoms with E-state index in [4.69, 9.17) is 28.6 Å². The molecule has 0 atom stereocenters. The van der Waals surface area contributed by atoms with Crippen molar-refractivity contribution in [2.45, 2.75) is 13.0 Å². The summed E-state index contributed by atoms with van der Waals surface area (Å²) in [4.78, 5) is 13.3. The van der Waals surface area contributed by atoms with Crippen LogP contribution in [0, 0.1) is 0 Å². The number of esters is 1. The number of hydrogen-bond donors (Lipinski definition) is 2. The third-order valence-electron chi connectivity index (χ3n) is 4.78. The van der Waals surface area contributed by atoms with Crippen LogP contribution in [0.15, 0.2) is 72.9 Å². The normalized spacial score (nSPS) is 10.6. The van der Waals surface area contributed by atoms with Crippen molar-refractivity contribution in [3.05, 3.63) is 99.5 Å². The number of aromatic nitrogens is 2. The van der Waals surface area contributed by atoms with E-state index in [9.17, 15) is 4.79 Å². The van der Waals surface area contributed by atoms with Gasteiger partial charge in [-0.2, -0.15) is 5.10 Å². The van der Waals surface area contributed by atoms with Gasteiger partial charge in [0, 0.05) is 28.6 Å². The fraction of sp³-hybridized carbons (Fsp3) is 0.125. The minimum atomic E-state index is -0.414. The smallest absolute Gasteiger partial charge is 0.340 e. The van der Waals surface area contributed by atoms with Crippen molar-refractivity contribution in [1.82, 2.24) is 9.78 Å². The Balaban J connectivity index is 1.42. The van der Waals surface area contributed by atoms with E-state index in [1.165, 1.54) is 18.4 Å². The van der Waals surface area contributed by atoms with Gasteiger partial charge in [0.1, 0.15) is 5.00 Å². The monoisotopic (exact) mass is 496 g/mol. The minimum absolute atomic E-state index is 0.338. The summed E-state index contributed by atoms with van der Waals surface area (Å²) in [6, 6.07) is 21.4. The van der Waals surface area contributed by atoms with Crippen molar-refractivity contribution in [1.29, 1.82) is 0 Å². The molecule has 33 heavy (non-hydrogen) atoms. The molecule has 0 fully saturated rings. The third kappa shape index (κ3) is 6.19. The molecular formula is C24H21ClN4O2S2. The van der Waals surface area contributed by atoms with Gasteiger partial charge >= 0.3 is 5.97 Å². The Bertz CT molecular complexity index is 1250. The summed E-state index contributed by atoms with van der Waals surface area (Å²) in [7, 11) is 1.37. The molecule has 0 radical (unpaired) electrons. The molecule has 2 N–H and O–H groups in total. The number of ether oxygens (including phenoxy) is 1. The fourth-order valence-corrected chi connectivity index (χ4v) is 4.70. The van der Waals surface area contributed by atoms with Crippen LogP contribution < -0.4 is 10.6 Å². The number of nitrogens with one attached hydrogen (secondary N) is 2. The van der Waals surface area contributed by atoms with E-state index >= 15 is 0 Å². The van der Waals surface area contributed by atoms with Crippen LogP contribution in [0.4, 0.5) is 10.8 Å². The van der Waals surface area contributed by atoms with E-state index in [0.717, 1.165) is 16.0 Å². The summed E-state index contributed by atoms with van der Waals surface area (Å²) in [5.41, 5.74) is 2.70. The number of hydrogen-bond acceptors (Lipinski definition) is 5. The van der Waals surface area contributed by atoms with Crippen LogP contribution >= 0.6 is 35.2 Å². The molecule has 0 aliphatic heterocycles. The van der Waals surface area contributed by atoms with Crippen molar-refractivity contribution < 1.29 is 9.53 Å². The van der Waals surface area contributed by atoms with Crippen molar-refractivity contribution >= 4 is 57.1 Å². The highest BCUT2D eigenvalue weighted by Gasteiger charge is 2.18. The maximum Gasteiger partial charge on any atom is 0.340 e. The molecule has 0 unspecified atom stereocenters. The highest BCUT2D eigenvalue weighted by Crippen LogP contribution is 2.30. The molecular weight excluding hydrogens is 476 g/mol. The van der Waals surface area contributed by atoms with Gasteiger partial charge < -0.3 is 15.4 Å². The Labute approximate surface area is 206 Å². The molecule has 0 saturated heterocycles. The van der Waals surface area contributed by atoms with Crippen LogP contribution in [0.3, 0.4) is 0 Å². The molecule has 0 aliphatic carbocycles. The number of nitrogens with zero attached hydrogens (tertiary/aromatic N) is 2. The standard InChI is InChI=1S/C24H21ClN4O2S2/c1-31-23(30)20-14-19(13-16-5-3-2-4-6-16)33-22(20)27-24(32)26-21-11-12-29(28-21)15-17-7-9-18(25)10-8-17/h2-12,14H,13,15H2,1H3,(H2,26,27,28,32). The van der Waals surface area contributed by atoms with E-state index < -0.39 is 5.97 Å². The zero-order chi connectivity index (χ0) is 23.2. The Hall–Kier alpha value is -3.20. The van der Waals surface area contributed by atoms with Gasteiger partial charge in [-0.1, -0.05) is 54.1 Å². The third-order valence-corrected chi connectivity index (χ3v) is 6.28. The van der Waals surface area contributed by atoms with Crippen LogP contribution in [0.5, 0.6) is 0 Å². The van der Waals surface area contributed by atoms with Gasteiger partial charge in [-0.15, -0.1) is 11.3 Å². The van der Waals surface area contributed by atoms with E-state index in [-0.39, 0.29) is 0 Å². The molecule has 0 saturated carbocycles. The van der Waals surface area contributed by atoms with Crippen molar-refractivity contribution in [2.75, 3.05) is 17.7 Å². The first kappa shape index (κ1) is 23.0. The summed E-state index contributed by atoms with van der Waals surface area (Å²) in [5.74, 6) is 0.185. The lowest BCUT2D eigenvalue weighted by molar-refractivity contribution is 0.0602. The molecule has 2 heterocycles. The SMILES string of the molecule is COC(=O)c1cc(Cc2ccccc2)sc1NC(=S)Nc1ccn(Cc2ccc(Cl)cc2)n1. The summed E-state index contributed by atoms with van der Waals surface area (Å²) in [6.07, 6.45) is 2.58. The molecule has 9 heteroatoms. The Morgan fingerprint density at radius 3 is 2.58 bits per heavy atom. The van der Waals surface area contributed by atoms with Gasteiger partial charge in [-0.3, -0.25) is 4.68 Å². The topological polar surface area (TPSA) is 68.2 Å². The number of methoxy groups -OCH3 is 1. The minimum Gasteiger partial charge on any atom is -0.465 e. The molecule has 0 bridgehead atoms. The van der Waals surface area contributed by atoms with E-state index in [0.29, 0.717) is 39.5 Å². The van der Waals surface area contributed by atoms with E-state index in [1.807, 2.05) is 60.8 Å². The first-order valence-corrected chi connectivity index (χ1v) is 11.7. The number of carbonyl (C=O) groups is 1. The summed E-state index contributed by atoms with van der Waals surface area (Å²) in [5, 5.41) is 12.4. The van der Waals surface area contributed by atoms with Gasteiger partial charge in [-0.25, -0.2) is 4.79 Å². The average molecular weight is 497 g/mol. The predicted molar refractivity (Wildman–Crippen MR) is 138 cm³/mol. The van der Waals surface area contributed by atoms with Crippen molar-refractivity contribution in [3.8, 4) is 0 Å². The fourth-order valence-electron chi connectivity index (χ4n) is 3.22. The molecule has 168 valence electrons. The number of carbonyl (C=O) groups excluding carboxylic acids is 1. The number of halogens is 1. The number of benzene rings is 2. The van der Waals surface area contributed by atoms with Crippen LogP contribution in [0.1, 0.15) is 26.4 Å². The van der Waals surface area contributed by atoms with E-state index in [2.05, 4.69) is 27.9 Å². The largest absolute Gasteiger partial charge is 0.465 e. The molecule has 4 rings (SSSR count). The maximum absolute atomic E-state index is 12.3. The first-order valence-electron chi connectivity index (χ1n) is 10.1. The lowest BCUT2D eigenvalue weighted by Gasteiger charge is -2.08. The average Bonchev–Trinajstić information content (AvgIpc) is 3.42. The van der Waals surface area contributed by atoms with Gasteiger partial charge in [0.15, 0.2) is 10.9 Å². The van der Waals surface area contributed by atoms with Crippen molar-refractivity contribution in [2.24, 2.45) is 0 Å². The lowest BCUT2D eigenvalue weighted by Crippen LogP contribution is -2.20. The van der Waals surface area contributed by atoms with Gasteiger partial charge in [0.05, 0.1) is 19.2 Å². The van der Waals surface area contributed by atoms with Gasteiger partial charge in [0.25, 0.3) is 0 Å². The molecule has 4 aromatic rings. The summed E-state index contributed by atoms with van der Waals surface area (Å²) < 4.78 is 6.75. The molecule has 0 spiro atoms. The van der Waals surface area contributed by atoms with Gasteiger partial charge in [0.2, 0.25) is 0 Å². The highest BCUT2D eigenvalue weighted by molar-refractivity contribution is 7.80. The van der Waals surface area contributed by atoms with Crippen LogP contribution in [0.25, 0.3) is 0 Å². The zero-order valence-electron chi connectivity index (χ0n) is 17.7. The Kier molecular flexibility index (Phi) is 7.39. The van der Waals surface area contributed by atoms with Crippen LogP contribution in [0.2, 0.25) is 5.02 Å². The molecule has 0 aliphatic rings. The molecule has 0 amide bonds. The number of rotatable bonds is 7. The zero-order valence-corrected chi connectivity index (χ0v) is 20.1. The maximum atomic E-state index is 12.3. The number of thiophene rings is 1. The van der Waals surface area contributed by atoms with Crippen molar-refractivity contribution in [3.63, 3.8) is 0 Å². The second-order valence-electron chi connectivity index (χ2n) is 7.21. The molecule has 6 nitrogen and oxygen atoms in total. The summed E-state index contributed by atoms with van der Waals surface area (Å²) >= 11 is 12.9. The molecule has 2 aromatic heterocycles. The molecule has 2 aromatic carbocycles. The second-order valence-corrected chi connectivity index (χ2v) is 9.20. The first-order chi connectivity index (χ1) is 16.0. The Morgan fingerprint density at radius 2 is 1.85 bits per heavy atom. The van der Waals surface area contributed by atoms with Gasteiger partial charge in [-0.05, 0) is 41.5 Å².